The number of nitriles is 2. The van der Waals surface area contributed by atoms with E-state index in [2.05, 4.69) is 43.2 Å². The summed E-state index contributed by atoms with van der Waals surface area (Å²) < 4.78 is 0. The molecule has 10 nitrogen and oxygen atoms in total. The van der Waals surface area contributed by atoms with E-state index in [1.807, 2.05) is 12.1 Å². The van der Waals surface area contributed by atoms with Crippen LogP contribution >= 0.6 is 0 Å². The maximum absolute atomic E-state index is 12.5. The van der Waals surface area contributed by atoms with Gasteiger partial charge < -0.3 is 10.6 Å². The zero-order chi connectivity index (χ0) is 30.0. The fourth-order valence-electron chi connectivity index (χ4n) is 5.44. The molecule has 2 amide bonds. The summed E-state index contributed by atoms with van der Waals surface area (Å²) in [6.07, 6.45) is 5.08. The monoisotopic (exact) mass is 570 g/mol. The average molecular weight is 571 g/mol. The average Bonchev–Trinajstić information content (AvgIpc) is 3.29. The van der Waals surface area contributed by atoms with Gasteiger partial charge in [-0.3, -0.25) is 9.59 Å². The van der Waals surface area contributed by atoms with Crippen molar-refractivity contribution in [3.05, 3.63) is 106 Å². The number of anilines is 2. The van der Waals surface area contributed by atoms with E-state index < -0.39 is 0 Å². The number of carbonyl (C=O) groups is 2. The molecular weight excluding hydrogens is 540 g/mol. The number of rotatable bonds is 8. The zero-order valence-corrected chi connectivity index (χ0v) is 23.5. The molecule has 0 radical (unpaired) electrons. The number of carbonyl (C=O) groups excluding carboxylic acids is 2. The van der Waals surface area contributed by atoms with Gasteiger partial charge in [-0.2, -0.15) is 20.7 Å². The molecule has 2 N–H and O–H groups in total. The third-order valence-electron chi connectivity index (χ3n) is 7.64. The molecule has 2 unspecified atom stereocenters. The standard InChI is InChI=1S/C33H30N8O2/c34-20-26-11-5-1-7-22(26)18-32(42)36-30-15-13-28(38-40-30)24-9-3-4-10-25(17-24)29-14-16-31(41-39-29)37-33(43)19-23-8-2-6-12-27(23)21-35/h1-2,5-8,11-16,24-25H,3-4,9-10,17-19H2,(H,36,40,42)(H,37,41,43). The Balaban J connectivity index is 1.18. The highest BCUT2D eigenvalue weighted by molar-refractivity contribution is 5.92. The first-order valence-corrected chi connectivity index (χ1v) is 14.3. The number of nitrogens with one attached hydrogen (secondary N) is 2. The molecule has 5 rings (SSSR count). The molecule has 0 saturated heterocycles. The smallest absolute Gasteiger partial charge is 0.230 e. The van der Waals surface area contributed by atoms with Gasteiger partial charge in [0.1, 0.15) is 0 Å². The Morgan fingerprint density at radius 3 is 1.49 bits per heavy atom. The number of benzene rings is 2. The van der Waals surface area contributed by atoms with E-state index in [1.54, 1.807) is 60.7 Å². The largest absolute Gasteiger partial charge is 0.309 e. The van der Waals surface area contributed by atoms with Crippen molar-refractivity contribution in [1.29, 1.82) is 10.5 Å². The van der Waals surface area contributed by atoms with Gasteiger partial charge in [0.05, 0.1) is 47.5 Å². The van der Waals surface area contributed by atoms with E-state index in [-0.39, 0.29) is 36.5 Å². The van der Waals surface area contributed by atoms with Crippen LogP contribution in [0.5, 0.6) is 0 Å². The lowest BCUT2D eigenvalue weighted by Gasteiger charge is -2.19. The van der Waals surface area contributed by atoms with Crippen LogP contribution in [0.1, 0.15) is 77.6 Å². The van der Waals surface area contributed by atoms with Gasteiger partial charge >= 0.3 is 0 Å². The Hall–Kier alpha value is -5.48. The van der Waals surface area contributed by atoms with E-state index >= 15 is 0 Å². The molecule has 2 heterocycles. The van der Waals surface area contributed by atoms with Gasteiger partial charge in [-0.15, -0.1) is 10.2 Å². The molecule has 0 bridgehead atoms. The number of amides is 2. The van der Waals surface area contributed by atoms with Crippen molar-refractivity contribution in [1.82, 2.24) is 20.4 Å². The van der Waals surface area contributed by atoms with Crippen molar-refractivity contribution in [2.75, 3.05) is 10.6 Å². The molecular formula is C33H30N8O2. The van der Waals surface area contributed by atoms with Crippen LogP contribution in [0.25, 0.3) is 0 Å². The first-order valence-electron chi connectivity index (χ1n) is 14.3. The van der Waals surface area contributed by atoms with Gasteiger partial charge in [0.15, 0.2) is 11.6 Å². The highest BCUT2D eigenvalue weighted by Gasteiger charge is 2.25. The zero-order valence-electron chi connectivity index (χ0n) is 23.5. The Morgan fingerprint density at radius 1 is 0.651 bits per heavy atom. The molecule has 214 valence electrons. The summed E-state index contributed by atoms with van der Waals surface area (Å²) in [5.41, 5.74) is 4.02. The lowest BCUT2D eigenvalue weighted by Crippen LogP contribution is -2.17. The van der Waals surface area contributed by atoms with Gasteiger partial charge in [0.2, 0.25) is 11.8 Å². The highest BCUT2D eigenvalue weighted by Crippen LogP contribution is 2.38. The van der Waals surface area contributed by atoms with Crippen LogP contribution in [0.4, 0.5) is 11.6 Å². The number of nitrogens with zero attached hydrogens (tertiary/aromatic N) is 6. The van der Waals surface area contributed by atoms with Crippen LogP contribution in [0.15, 0.2) is 72.8 Å². The molecule has 43 heavy (non-hydrogen) atoms. The van der Waals surface area contributed by atoms with Gasteiger partial charge in [-0.25, -0.2) is 0 Å². The summed E-state index contributed by atoms with van der Waals surface area (Å²) in [5.74, 6) is 0.595. The van der Waals surface area contributed by atoms with Gasteiger partial charge in [0.25, 0.3) is 0 Å². The first-order chi connectivity index (χ1) is 21.0. The molecule has 1 aliphatic rings. The van der Waals surface area contributed by atoms with E-state index in [1.165, 1.54) is 0 Å². The quantitative estimate of drug-likeness (QED) is 0.274. The third kappa shape index (κ3) is 7.63. The molecule has 2 aromatic heterocycles. The maximum Gasteiger partial charge on any atom is 0.230 e. The fourth-order valence-corrected chi connectivity index (χ4v) is 5.44. The SMILES string of the molecule is N#Cc1ccccc1CC(=O)Nc1ccc(C2CCCCC(c3ccc(NC(=O)Cc4ccccc4C#N)nn3)C2)nn1. The number of hydrogen-bond donors (Lipinski definition) is 2. The molecule has 10 heteroatoms. The van der Waals surface area contributed by atoms with Crippen LogP contribution in [-0.4, -0.2) is 32.2 Å². The lowest BCUT2D eigenvalue weighted by molar-refractivity contribution is -0.116. The summed E-state index contributed by atoms with van der Waals surface area (Å²) in [5, 5.41) is 41.4. The Morgan fingerprint density at radius 2 is 1.09 bits per heavy atom. The molecule has 1 aliphatic carbocycles. The predicted molar refractivity (Wildman–Crippen MR) is 160 cm³/mol. The minimum absolute atomic E-state index is 0.0795. The van der Waals surface area contributed by atoms with Crippen molar-refractivity contribution in [2.24, 2.45) is 0 Å². The van der Waals surface area contributed by atoms with Gasteiger partial charge in [-0.1, -0.05) is 49.2 Å². The molecule has 0 aliphatic heterocycles. The Labute approximate surface area is 249 Å². The van der Waals surface area contributed by atoms with E-state index in [9.17, 15) is 20.1 Å². The van der Waals surface area contributed by atoms with Crippen molar-refractivity contribution in [3.8, 4) is 12.1 Å². The van der Waals surface area contributed by atoms with Crippen molar-refractivity contribution >= 4 is 23.5 Å². The predicted octanol–water partition coefficient (Wildman–Crippen LogP) is 5.20. The van der Waals surface area contributed by atoms with Crippen LogP contribution in [0.3, 0.4) is 0 Å². The highest BCUT2D eigenvalue weighted by atomic mass is 16.2. The summed E-state index contributed by atoms with van der Waals surface area (Å²) in [7, 11) is 0. The minimum Gasteiger partial charge on any atom is -0.309 e. The fraction of sp³-hybridized carbons (Fsp3) is 0.273. The number of aromatic nitrogens is 4. The van der Waals surface area contributed by atoms with E-state index in [4.69, 9.17) is 0 Å². The third-order valence-corrected chi connectivity index (χ3v) is 7.64. The Bertz CT molecular complexity index is 1550. The molecule has 2 atom stereocenters. The normalized spacial score (nSPS) is 16.2. The second-order valence-electron chi connectivity index (χ2n) is 10.6. The molecule has 1 saturated carbocycles. The van der Waals surface area contributed by atoms with Crippen molar-refractivity contribution in [2.45, 2.75) is 56.8 Å². The summed E-state index contributed by atoms with van der Waals surface area (Å²) >= 11 is 0. The van der Waals surface area contributed by atoms with Gasteiger partial charge in [0, 0.05) is 11.8 Å². The van der Waals surface area contributed by atoms with Gasteiger partial charge in [-0.05, 0) is 66.8 Å². The lowest BCUT2D eigenvalue weighted by atomic mass is 9.88. The summed E-state index contributed by atoms with van der Waals surface area (Å²) in [6, 6.07) is 25.6. The second-order valence-corrected chi connectivity index (χ2v) is 10.6. The van der Waals surface area contributed by atoms with Crippen molar-refractivity contribution in [3.63, 3.8) is 0 Å². The van der Waals surface area contributed by atoms with Crippen LogP contribution < -0.4 is 10.6 Å². The van der Waals surface area contributed by atoms with Crippen LogP contribution in [0.2, 0.25) is 0 Å². The van der Waals surface area contributed by atoms with Crippen LogP contribution in [-0.2, 0) is 22.4 Å². The summed E-state index contributed by atoms with van der Waals surface area (Å²) in [6.45, 7) is 0. The molecule has 1 fully saturated rings. The first kappa shape index (κ1) is 29.0. The minimum atomic E-state index is -0.260. The van der Waals surface area contributed by atoms with E-state index in [0.717, 1.165) is 43.5 Å². The molecule has 0 spiro atoms. The second kappa shape index (κ2) is 13.9. The molecule has 2 aromatic carbocycles. The van der Waals surface area contributed by atoms with E-state index in [0.29, 0.717) is 33.9 Å². The van der Waals surface area contributed by atoms with Crippen molar-refractivity contribution < 1.29 is 9.59 Å². The maximum atomic E-state index is 12.5. The number of hydrogen-bond acceptors (Lipinski definition) is 8. The van der Waals surface area contributed by atoms with Crippen LogP contribution in [0, 0.1) is 22.7 Å². The molecule has 4 aromatic rings. The summed E-state index contributed by atoms with van der Waals surface area (Å²) in [4.78, 5) is 25.1. The topological polar surface area (TPSA) is 157 Å². The Kier molecular flexibility index (Phi) is 9.40.